The Bertz CT molecular complexity index is 457. The highest BCUT2D eigenvalue weighted by atomic mass is 16.2. The maximum atomic E-state index is 12.4. The summed E-state index contributed by atoms with van der Waals surface area (Å²) in [6.07, 6.45) is 8.19. The van der Waals surface area contributed by atoms with Gasteiger partial charge in [0.05, 0.1) is 12.6 Å². The van der Waals surface area contributed by atoms with E-state index < -0.39 is 0 Å². The molecule has 1 aromatic rings. The second-order valence-corrected chi connectivity index (χ2v) is 5.93. The molecule has 1 saturated heterocycles. The Morgan fingerprint density at radius 1 is 1.29 bits per heavy atom. The molecule has 1 aliphatic heterocycles. The Labute approximate surface area is 127 Å². The lowest BCUT2D eigenvalue weighted by Crippen LogP contribution is -2.55. The lowest BCUT2D eigenvalue weighted by Gasteiger charge is -2.39. The highest BCUT2D eigenvalue weighted by molar-refractivity contribution is 5.82. The van der Waals surface area contributed by atoms with E-state index in [2.05, 4.69) is 28.3 Å². The molecule has 0 bridgehead atoms. The van der Waals surface area contributed by atoms with Crippen molar-refractivity contribution in [3.8, 4) is 0 Å². The molecule has 1 unspecified atom stereocenters. The summed E-state index contributed by atoms with van der Waals surface area (Å²) < 4.78 is 2.21. The zero-order valence-corrected chi connectivity index (χ0v) is 13.6. The number of aromatic nitrogens is 2. The molecule has 118 valence electrons. The second kappa shape index (κ2) is 7.59. The van der Waals surface area contributed by atoms with Gasteiger partial charge in [-0.2, -0.15) is 0 Å². The molecule has 5 heteroatoms. The molecular weight excluding hydrogens is 264 g/mol. The van der Waals surface area contributed by atoms with E-state index in [1.807, 2.05) is 24.3 Å². The third kappa shape index (κ3) is 3.84. The number of nitrogens with zero attached hydrogens (tertiary/aromatic N) is 4. The average Bonchev–Trinajstić information content (AvgIpc) is 2.90. The first-order valence-corrected chi connectivity index (χ1v) is 8.16. The number of piperazine rings is 1. The van der Waals surface area contributed by atoms with Crippen molar-refractivity contribution in [1.82, 2.24) is 19.4 Å². The van der Waals surface area contributed by atoms with Crippen molar-refractivity contribution in [2.45, 2.75) is 58.7 Å². The Kier molecular flexibility index (Phi) is 5.79. The summed E-state index contributed by atoms with van der Waals surface area (Å²) in [6.45, 7) is 7.88. The van der Waals surface area contributed by atoms with Crippen LogP contribution in [0.4, 0.5) is 0 Å². The van der Waals surface area contributed by atoms with Crippen LogP contribution >= 0.6 is 0 Å². The zero-order valence-electron chi connectivity index (χ0n) is 13.6. The van der Waals surface area contributed by atoms with Crippen LogP contribution in [0, 0.1) is 0 Å². The number of amides is 1. The van der Waals surface area contributed by atoms with Crippen molar-refractivity contribution in [2.24, 2.45) is 0 Å². The number of unbranched alkanes of at least 4 members (excludes halogenated alkanes) is 1. The highest BCUT2D eigenvalue weighted by Gasteiger charge is 2.32. The Morgan fingerprint density at radius 3 is 2.81 bits per heavy atom. The van der Waals surface area contributed by atoms with Gasteiger partial charge in [0.2, 0.25) is 5.91 Å². The third-order valence-corrected chi connectivity index (χ3v) is 4.27. The average molecular weight is 292 g/mol. The van der Waals surface area contributed by atoms with E-state index in [9.17, 15) is 4.79 Å². The van der Waals surface area contributed by atoms with Gasteiger partial charge in [0.25, 0.3) is 0 Å². The second-order valence-electron chi connectivity index (χ2n) is 5.93. The van der Waals surface area contributed by atoms with Crippen LogP contribution in [0.15, 0.2) is 12.4 Å². The van der Waals surface area contributed by atoms with Crippen molar-refractivity contribution in [2.75, 3.05) is 20.1 Å². The number of hydrogen-bond donors (Lipinski definition) is 0. The predicted octanol–water partition coefficient (Wildman–Crippen LogP) is 2.13. The van der Waals surface area contributed by atoms with Crippen LogP contribution in [0.1, 0.15) is 45.4 Å². The van der Waals surface area contributed by atoms with Crippen LogP contribution < -0.4 is 0 Å². The zero-order chi connectivity index (χ0) is 15.2. The van der Waals surface area contributed by atoms with Crippen LogP contribution in [-0.4, -0.2) is 51.4 Å². The quantitative estimate of drug-likeness (QED) is 0.773. The normalized spacial score (nSPS) is 20.2. The molecule has 0 aromatic carbocycles. The summed E-state index contributed by atoms with van der Waals surface area (Å²) in [4.78, 5) is 21.1. The summed E-state index contributed by atoms with van der Waals surface area (Å²) in [5.41, 5.74) is 0. The third-order valence-electron chi connectivity index (χ3n) is 4.27. The molecule has 0 N–H and O–H groups in total. The van der Waals surface area contributed by atoms with Crippen molar-refractivity contribution < 1.29 is 4.79 Å². The first-order valence-electron chi connectivity index (χ1n) is 8.16. The molecule has 1 aromatic heterocycles. The van der Waals surface area contributed by atoms with Crippen LogP contribution in [0.25, 0.3) is 0 Å². The minimum absolute atomic E-state index is 0.0236. The lowest BCUT2D eigenvalue weighted by molar-refractivity contribution is -0.141. The largest absolute Gasteiger partial charge is 0.343 e. The molecule has 0 radical (unpaired) electrons. The number of carbonyl (C=O) groups excluding carboxylic acids is 1. The SMILES string of the molecule is CCCCC1C(=O)N(C)CCN1Cc1nccn1CCC. The number of hydrogen-bond acceptors (Lipinski definition) is 3. The van der Waals surface area contributed by atoms with Gasteiger partial charge in [-0.1, -0.05) is 26.7 Å². The van der Waals surface area contributed by atoms with E-state index in [1.54, 1.807) is 0 Å². The van der Waals surface area contributed by atoms with Gasteiger partial charge in [0, 0.05) is 39.1 Å². The Morgan fingerprint density at radius 2 is 2.10 bits per heavy atom. The maximum absolute atomic E-state index is 12.4. The van der Waals surface area contributed by atoms with Crippen molar-refractivity contribution >= 4 is 5.91 Å². The molecule has 1 atom stereocenters. The summed E-state index contributed by atoms with van der Waals surface area (Å²) in [5, 5.41) is 0. The molecule has 2 heterocycles. The van der Waals surface area contributed by atoms with E-state index in [0.29, 0.717) is 0 Å². The molecule has 1 amide bonds. The molecule has 2 rings (SSSR count). The van der Waals surface area contributed by atoms with Crippen molar-refractivity contribution in [3.63, 3.8) is 0 Å². The fraction of sp³-hybridized carbons (Fsp3) is 0.750. The van der Waals surface area contributed by atoms with E-state index in [-0.39, 0.29) is 11.9 Å². The fourth-order valence-corrected chi connectivity index (χ4v) is 2.97. The fourth-order valence-electron chi connectivity index (χ4n) is 2.97. The summed E-state index contributed by atoms with van der Waals surface area (Å²) in [6, 6.07) is 0.0236. The number of likely N-dealkylation sites (N-methyl/N-ethyl adjacent to an activating group) is 1. The van der Waals surface area contributed by atoms with Crippen LogP contribution in [0.2, 0.25) is 0 Å². The van der Waals surface area contributed by atoms with E-state index in [1.165, 1.54) is 0 Å². The number of aryl methyl sites for hydroxylation is 1. The first-order chi connectivity index (χ1) is 10.2. The van der Waals surface area contributed by atoms with Crippen LogP contribution in [0.3, 0.4) is 0 Å². The molecule has 0 spiro atoms. The van der Waals surface area contributed by atoms with Crippen molar-refractivity contribution in [3.05, 3.63) is 18.2 Å². The van der Waals surface area contributed by atoms with Crippen molar-refractivity contribution in [1.29, 1.82) is 0 Å². The van der Waals surface area contributed by atoms with Gasteiger partial charge in [0.1, 0.15) is 5.82 Å². The molecule has 0 saturated carbocycles. The van der Waals surface area contributed by atoms with E-state index in [4.69, 9.17) is 0 Å². The number of carbonyl (C=O) groups is 1. The van der Waals surface area contributed by atoms with Gasteiger partial charge in [-0.3, -0.25) is 9.69 Å². The number of rotatable bonds is 7. The minimum Gasteiger partial charge on any atom is -0.343 e. The van der Waals surface area contributed by atoms with Gasteiger partial charge in [-0.15, -0.1) is 0 Å². The molecule has 0 aliphatic carbocycles. The minimum atomic E-state index is 0.0236. The highest BCUT2D eigenvalue weighted by Crippen LogP contribution is 2.18. The summed E-state index contributed by atoms with van der Waals surface area (Å²) >= 11 is 0. The molecular formula is C16H28N4O. The Balaban J connectivity index is 2.08. The lowest BCUT2D eigenvalue weighted by atomic mass is 10.0. The van der Waals surface area contributed by atoms with Gasteiger partial charge < -0.3 is 9.47 Å². The van der Waals surface area contributed by atoms with Gasteiger partial charge >= 0.3 is 0 Å². The first kappa shape index (κ1) is 16.0. The van der Waals surface area contributed by atoms with Crippen LogP contribution in [-0.2, 0) is 17.9 Å². The molecule has 21 heavy (non-hydrogen) atoms. The molecule has 1 fully saturated rings. The monoisotopic (exact) mass is 292 g/mol. The van der Waals surface area contributed by atoms with E-state index in [0.717, 1.165) is 57.7 Å². The van der Waals surface area contributed by atoms with Gasteiger partial charge in [-0.05, 0) is 12.8 Å². The topological polar surface area (TPSA) is 41.4 Å². The van der Waals surface area contributed by atoms with E-state index >= 15 is 0 Å². The maximum Gasteiger partial charge on any atom is 0.239 e. The smallest absolute Gasteiger partial charge is 0.239 e. The van der Waals surface area contributed by atoms with Crippen LogP contribution in [0.5, 0.6) is 0 Å². The van der Waals surface area contributed by atoms with Gasteiger partial charge in [0.15, 0.2) is 0 Å². The predicted molar refractivity (Wildman–Crippen MR) is 83.9 cm³/mol. The van der Waals surface area contributed by atoms with Gasteiger partial charge in [-0.25, -0.2) is 4.98 Å². The summed E-state index contributed by atoms with van der Waals surface area (Å²) in [7, 11) is 1.91. The molecule has 1 aliphatic rings. The standard InChI is InChI=1S/C16H28N4O/c1-4-6-7-14-16(21)18(3)11-12-20(14)13-15-17-8-10-19(15)9-5-2/h8,10,14H,4-7,9,11-13H2,1-3H3. The molecule has 5 nitrogen and oxygen atoms in total. The number of imidazole rings is 1. The Hall–Kier alpha value is -1.36. The summed E-state index contributed by atoms with van der Waals surface area (Å²) in [5.74, 6) is 1.35.